The smallest absolute Gasteiger partial charge is 0.223 e. The molecule has 0 spiro atoms. The summed E-state index contributed by atoms with van der Waals surface area (Å²) in [6.07, 6.45) is 12.3. The van der Waals surface area contributed by atoms with Gasteiger partial charge in [-0.2, -0.15) is 0 Å². The molecule has 3 heterocycles. The van der Waals surface area contributed by atoms with E-state index in [1.54, 1.807) is 24.9 Å². The Morgan fingerprint density at radius 1 is 1.39 bits per heavy atom. The molecule has 122 valence electrons. The second-order valence-corrected chi connectivity index (χ2v) is 5.73. The van der Waals surface area contributed by atoms with Crippen molar-refractivity contribution in [2.45, 2.75) is 38.3 Å². The van der Waals surface area contributed by atoms with E-state index < -0.39 is 0 Å². The Hall–Kier alpha value is -2.44. The highest BCUT2D eigenvalue weighted by molar-refractivity contribution is 5.77. The van der Waals surface area contributed by atoms with E-state index in [2.05, 4.69) is 20.3 Å². The average molecular weight is 314 g/mol. The number of nitrogens with zero attached hydrogens (tertiary/aromatic N) is 5. The fraction of sp³-hybridized carbons (Fsp3) is 0.500. The van der Waals surface area contributed by atoms with Crippen LogP contribution in [0.1, 0.15) is 37.4 Å². The molecule has 0 saturated carbocycles. The van der Waals surface area contributed by atoms with Gasteiger partial charge in [0.25, 0.3) is 0 Å². The van der Waals surface area contributed by atoms with Gasteiger partial charge in [0.05, 0.1) is 30.5 Å². The van der Waals surface area contributed by atoms with Crippen LogP contribution in [-0.4, -0.2) is 43.9 Å². The minimum atomic E-state index is 0.0524. The van der Waals surface area contributed by atoms with Crippen LogP contribution < -0.4 is 5.32 Å². The highest BCUT2D eigenvalue weighted by Gasteiger charge is 2.30. The van der Waals surface area contributed by atoms with Crippen molar-refractivity contribution in [1.82, 2.24) is 24.4 Å². The maximum Gasteiger partial charge on any atom is 0.223 e. The standard InChI is InChI=1S/C16H22N6O/c1-17-15-11-19-10-13(20-15)14-4-2-8-22(14)16(23)5-3-7-21-9-6-18-12-21/h6,9-12,14H,2-5,7-8H2,1H3,(H,17,20). The first kappa shape index (κ1) is 15.5. The van der Waals surface area contributed by atoms with Crippen molar-refractivity contribution in [2.75, 3.05) is 18.9 Å². The molecule has 1 amide bonds. The quantitative estimate of drug-likeness (QED) is 0.881. The van der Waals surface area contributed by atoms with Crippen LogP contribution in [0.25, 0.3) is 0 Å². The molecule has 1 N–H and O–H groups in total. The number of imidazole rings is 1. The van der Waals surface area contributed by atoms with E-state index in [1.165, 1.54) is 0 Å². The third kappa shape index (κ3) is 3.67. The van der Waals surface area contributed by atoms with Crippen molar-refractivity contribution in [1.29, 1.82) is 0 Å². The van der Waals surface area contributed by atoms with E-state index in [9.17, 15) is 4.79 Å². The summed E-state index contributed by atoms with van der Waals surface area (Å²) in [6, 6.07) is 0.0524. The van der Waals surface area contributed by atoms with Crippen molar-refractivity contribution in [3.63, 3.8) is 0 Å². The molecule has 23 heavy (non-hydrogen) atoms. The molecule has 0 aliphatic carbocycles. The van der Waals surface area contributed by atoms with Crippen molar-refractivity contribution < 1.29 is 4.79 Å². The number of amides is 1. The van der Waals surface area contributed by atoms with Gasteiger partial charge >= 0.3 is 0 Å². The van der Waals surface area contributed by atoms with Crippen LogP contribution in [0.2, 0.25) is 0 Å². The van der Waals surface area contributed by atoms with Crippen LogP contribution in [0.4, 0.5) is 5.82 Å². The van der Waals surface area contributed by atoms with E-state index in [1.807, 2.05) is 22.7 Å². The number of likely N-dealkylation sites (tertiary alicyclic amines) is 1. The van der Waals surface area contributed by atoms with Gasteiger partial charge in [0.15, 0.2) is 0 Å². The Morgan fingerprint density at radius 3 is 3.09 bits per heavy atom. The summed E-state index contributed by atoms with van der Waals surface area (Å²) in [5.41, 5.74) is 0.873. The summed E-state index contributed by atoms with van der Waals surface area (Å²) in [4.78, 5) is 27.3. The van der Waals surface area contributed by atoms with Crippen LogP contribution in [0.5, 0.6) is 0 Å². The Kier molecular flexibility index (Phi) is 4.85. The molecule has 1 saturated heterocycles. The van der Waals surface area contributed by atoms with Crippen LogP contribution in [0, 0.1) is 0 Å². The monoisotopic (exact) mass is 314 g/mol. The third-order valence-corrected chi connectivity index (χ3v) is 4.19. The number of aromatic nitrogens is 4. The fourth-order valence-electron chi connectivity index (χ4n) is 3.01. The number of hydrogen-bond acceptors (Lipinski definition) is 5. The minimum absolute atomic E-state index is 0.0524. The topological polar surface area (TPSA) is 75.9 Å². The Balaban J connectivity index is 1.60. The molecule has 0 radical (unpaired) electrons. The summed E-state index contributed by atoms with van der Waals surface area (Å²) in [5, 5.41) is 3.00. The fourth-order valence-corrected chi connectivity index (χ4v) is 3.01. The van der Waals surface area contributed by atoms with Gasteiger partial charge in [0.2, 0.25) is 5.91 Å². The molecule has 0 bridgehead atoms. The maximum absolute atomic E-state index is 12.5. The number of anilines is 1. The normalized spacial score (nSPS) is 17.4. The molecule has 7 nitrogen and oxygen atoms in total. The lowest BCUT2D eigenvalue weighted by atomic mass is 10.1. The summed E-state index contributed by atoms with van der Waals surface area (Å²) in [7, 11) is 1.82. The molecule has 1 unspecified atom stereocenters. The second-order valence-electron chi connectivity index (χ2n) is 5.73. The number of carbonyl (C=O) groups is 1. The van der Waals surface area contributed by atoms with Crippen LogP contribution in [0.3, 0.4) is 0 Å². The lowest BCUT2D eigenvalue weighted by Crippen LogP contribution is -2.31. The lowest BCUT2D eigenvalue weighted by molar-refractivity contribution is -0.132. The average Bonchev–Trinajstić information content (AvgIpc) is 3.26. The van der Waals surface area contributed by atoms with Gasteiger partial charge in [-0.1, -0.05) is 0 Å². The Morgan fingerprint density at radius 2 is 2.30 bits per heavy atom. The zero-order valence-corrected chi connectivity index (χ0v) is 13.4. The molecule has 1 atom stereocenters. The van der Waals surface area contributed by atoms with Gasteiger partial charge in [-0.25, -0.2) is 9.97 Å². The second kappa shape index (κ2) is 7.21. The summed E-state index contributed by atoms with van der Waals surface area (Å²) < 4.78 is 2.00. The first-order chi connectivity index (χ1) is 11.3. The molecule has 0 aromatic carbocycles. The predicted octanol–water partition coefficient (Wildman–Crippen LogP) is 1.86. The molecule has 1 fully saturated rings. The summed E-state index contributed by atoms with van der Waals surface area (Å²) in [5.74, 6) is 0.936. The number of rotatable bonds is 6. The van der Waals surface area contributed by atoms with Crippen LogP contribution in [-0.2, 0) is 11.3 Å². The lowest BCUT2D eigenvalue weighted by Gasteiger charge is -2.24. The van der Waals surface area contributed by atoms with Gasteiger partial charge in [-0.05, 0) is 19.3 Å². The molecule has 7 heteroatoms. The minimum Gasteiger partial charge on any atom is -0.372 e. The predicted molar refractivity (Wildman–Crippen MR) is 86.7 cm³/mol. The van der Waals surface area contributed by atoms with E-state index in [-0.39, 0.29) is 11.9 Å². The van der Waals surface area contributed by atoms with Gasteiger partial charge in [-0.3, -0.25) is 9.78 Å². The van der Waals surface area contributed by atoms with Gasteiger partial charge in [-0.15, -0.1) is 0 Å². The van der Waals surface area contributed by atoms with Crippen LogP contribution >= 0.6 is 0 Å². The van der Waals surface area contributed by atoms with Gasteiger partial charge < -0.3 is 14.8 Å². The molecule has 1 aliphatic heterocycles. The highest BCUT2D eigenvalue weighted by atomic mass is 16.2. The van der Waals surface area contributed by atoms with Gasteiger partial charge in [0.1, 0.15) is 5.82 Å². The number of carbonyl (C=O) groups excluding carboxylic acids is 1. The number of hydrogen-bond donors (Lipinski definition) is 1. The number of nitrogens with one attached hydrogen (secondary N) is 1. The molecule has 2 aromatic heterocycles. The third-order valence-electron chi connectivity index (χ3n) is 4.19. The first-order valence-electron chi connectivity index (χ1n) is 8.03. The van der Waals surface area contributed by atoms with E-state index in [0.717, 1.165) is 43.9 Å². The van der Waals surface area contributed by atoms with E-state index in [0.29, 0.717) is 6.42 Å². The van der Waals surface area contributed by atoms with E-state index in [4.69, 9.17) is 0 Å². The van der Waals surface area contributed by atoms with Crippen molar-refractivity contribution in [3.05, 3.63) is 36.8 Å². The van der Waals surface area contributed by atoms with Crippen molar-refractivity contribution in [2.24, 2.45) is 0 Å². The first-order valence-corrected chi connectivity index (χ1v) is 8.03. The number of aryl methyl sites for hydroxylation is 1. The van der Waals surface area contributed by atoms with Gasteiger partial charge in [0, 0.05) is 39.0 Å². The molecule has 3 rings (SSSR count). The van der Waals surface area contributed by atoms with Crippen molar-refractivity contribution in [3.8, 4) is 0 Å². The Labute approximate surface area is 135 Å². The zero-order valence-electron chi connectivity index (χ0n) is 13.4. The SMILES string of the molecule is CNc1cncc(C2CCCN2C(=O)CCCn2ccnc2)n1. The molecule has 1 aliphatic rings. The largest absolute Gasteiger partial charge is 0.372 e. The van der Waals surface area contributed by atoms with Crippen molar-refractivity contribution >= 4 is 11.7 Å². The summed E-state index contributed by atoms with van der Waals surface area (Å²) >= 11 is 0. The highest BCUT2D eigenvalue weighted by Crippen LogP contribution is 2.31. The summed E-state index contributed by atoms with van der Waals surface area (Å²) in [6.45, 7) is 1.62. The molecular weight excluding hydrogens is 292 g/mol. The zero-order chi connectivity index (χ0) is 16.1. The Bertz CT molecular complexity index is 642. The maximum atomic E-state index is 12.5. The van der Waals surface area contributed by atoms with Crippen LogP contribution in [0.15, 0.2) is 31.1 Å². The molecule has 2 aromatic rings. The van der Waals surface area contributed by atoms with E-state index >= 15 is 0 Å². The molecular formula is C16H22N6O.